The van der Waals surface area contributed by atoms with Gasteiger partial charge in [-0.05, 0) is 0 Å². The van der Waals surface area contributed by atoms with Crippen LogP contribution in [-0.4, -0.2) is 44.3 Å². The number of rotatable bonds is 6. The Kier molecular flexibility index (Phi) is 20.9. The largest absolute Gasteiger partial charge is 0.409 e. The SMILES string of the molecule is COCC/C(N)=N\O.COCCC(=N)N.Cl. The van der Waals surface area contributed by atoms with Gasteiger partial charge >= 0.3 is 0 Å². The van der Waals surface area contributed by atoms with Gasteiger partial charge in [-0.15, -0.1) is 12.4 Å². The lowest BCUT2D eigenvalue weighted by Crippen LogP contribution is -2.13. The molecule has 16 heavy (non-hydrogen) atoms. The van der Waals surface area contributed by atoms with Gasteiger partial charge in [0.25, 0.3) is 0 Å². The van der Waals surface area contributed by atoms with Gasteiger partial charge in [0, 0.05) is 27.1 Å². The number of nitrogens with zero attached hydrogens (tertiary/aromatic N) is 1. The Labute approximate surface area is 102 Å². The van der Waals surface area contributed by atoms with Crippen molar-refractivity contribution in [3.63, 3.8) is 0 Å². The van der Waals surface area contributed by atoms with E-state index in [1.54, 1.807) is 14.2 Å². The maximum absolute atomic E-state index is 7.97. The van der Waals surface area contributed by atoms with Gasteiger partial charge in [0.1, 0.15) is 5.84 Å². The molecular formula is C8H21ClN4O3. The summed E-state index contributed by atoms with van der Waals surface area (Å²) in [6, 6.07) is 0. The highest BCUT2D eigenvalue weighted by atomic mass is 35.5. The second-order valence-corrected chi connectivity index (χ2v) is 2.60. The molecule has 0 aromatic rings. The van der Waals surface area contributed by atoms with Gasteiger partial charge in [-0.2, -0.15) is 0 Å². The third-order valence-electron chi connectivity index (χ3n) is 1.27. The Hall–Kier alpha value is -1.05. The molecule has 0 atom stereocenters. The van der Waals surface area contributed by atoms with Crippen molar-refractivity contribution in [1.29, 1.82) is 5.41 Å². The third-order valence-corrected chi connectivity index (χ3v) is 1.27. The van der Waals surface area contributed by atoms with Crippen molar-refractivity contribution in [3.05, 3.63) is 0 Å². The number of ether oxygens (including phenoxy) is 2. The molecule has 0 spiro atoms. The fourth-order valence-corrected chi connectivity index (χ4v) is 0.469. The molecule has 98 valence electrons. The molecule has 0 aromatic carbocycles. The van der Waals surface area contributed by atoms with Crippen LogP contribution >= 0.6 is 12.4 Å². The molecule has 0 aromatic heterocycles. The molecule has 0 rings (SSSR count). The molecule has 0 aliphatic heterocycles. The molecular weight excluding hydrogens is 236 g/mol. The first-order chi connectivity index (χ1) is 7.08. The molecule has 6 N–H and O–H groups in total. The summed E-state index contributed by atoms with van der Waals surface area (Å²) < 4.78 is 9.27. The van der Waals surface area contributed by atoms with Gasteiger partial charge in [-0.1, -0.05) is 5.16 Å². The lowest BCUT2D eigenvalue weighted by molar-refractivity contribution is 0.205. The van der Waals surface area contributed by atoms with Crippen LogP contribution in [0.1, 0.15) is 12.8 Å². The van der Waals surface area contributed by atoms with E-state index in [4.69, 9.17) is 22.1 Å². The average molecular weight is 257 g/mol. The van der Waals surface area contributed by atoms with Crippen molar-refractivity contribution in [2.75, 3.05) is 27.4 Å². The quantitative estimate of drug-likeness (QED) is 0.233. The van der Waals surface area contributed by atoms with Gasteiger partial charge in [0.2, 0.25) is 0 Å². The fourth-order valence-electron chi connectivity index (χ4n) is 0.469. The van der Waals surface area contributed by atoms with Crippen molar-refractivity contribution >= 4 is 24.1 Å². The Bertz CT molecular complexity index is 190. The monoisotopic (exact) mass is 256 g/mol. The molecule has 0 aliphatic carbocycles. The van der Waals surface area contributed by atoms with Gasteiger partial charge in [0.05, 0.1) is 19.0 Å². The molecule has 8 heteroatoms. The van der Waals surface area contributed by atoms with Gasteiger partial charge in [-0.25, -0.2) is 0 Å². The molecule has 0 radical (unpaired) electrons. The molecule has 0 bridgehead atoms. The lowest BCUT2D eigenvalue weighted by Gasteiger charge is -1.93. The Morgan fingerprint density at radius 2 is 1.62 bits per heavy atom. The first kappa shape index (κ1) is 20.4. The van der Waals surface area contributed by atoms with E-state index in [0.717, 1.165) is 0 Å². The summed E-state index contributed by atoms with van der Waals surface area (Å²) >= 11 is 0. The molecule has 0 saturated carbocycles. The number of nitrogens with one attached hydrogen (secondary N) is 1. The summed E-state index contributed by atoms with van der Waals surface area (Å²) in [7, 11) is 3.15. The van der Waals surface area contributed by atoms with E-state index < -0.39 is 0 Å². The first-order valence-corrected chi connectivity index (χ1v) is 4.35. The van der Waals surface area contributed by atoms with Crippen LogP contribution in [-0.2, 0) is 9.47 Å². The average Bonchev–Trinajstić information content (AvgIpc) is 2.23. The topological polar surface area (TPSA) is 127 Å². The minimum Gasteiger partial charge on any atom is -0.409 e. The number of methoxy groups -OCH3 is 2. The smallest absolute Gasteiger partial charge is 0.141 e. The first-order valence-electron chi connectivity index (χ1n) is 4.35. The molecule has 0 unspecified atom stereocenters. The summed E-state index contributed by atoms with van der Waals surface area (Å²) in [6.07, 6.45) is 1.02. The van der Waals surface area contributed by atoms with Crippen molar-refractivity contribution in [1.82, 2.24) is 0 Å². The lowest BCUT2D eigenvalue weighted by atomic mass is 10.4. The fraction of sp³-hybridized carbons (Fsp3) is 0.750. The number of hydrogen-bond acceptors (Lipinski definition) is 5. The molecule has 0 heterocycles. The van der Waals surface area contributed by atoms with Crippen molar-refractivity contribution in [2.24, 2.45) is 16.6 Å². The highest BCUT2D eigenvalue weighted by Gasteiger charge is 1.88. The molecule has 7 nitrogen and oxygen atoms in total. The van der Waals surface area contributed by atoms with E-state index in [2.05, 4.69) is 14.6 Å². The van der Waals surface area contributed by atoms with Crippen molar-refractivity contribution in [2.45, 2.75) is 12.8 Å². The molecule has 0 saturated heterocycles. The zero-order valence-electron chi connectivity index (χ0n) is 9.60. The summed E-state index contributed by atoms with van der Waals surface area (Å²) in [5, 5.41) is 17.4. The van der Waals surface area contributed by atoms with Crippen LogP contribution in [0.2, 0.25) is 0 Å². The predicted octanol–water partition coefficient (Wildman–Crippen LogP) is 0.150. The number of oxime groups is 1. The maximum atomic E-state index is 7.97. The highest BCUT2D eigenvalue weighted by molar-refractivity contribution is 5.85. The van der Waals surface area contributed by atoms with Crippen LogP contribution in [0.25, 0.3) is 0 Å². The minimum atomic E-state index is 0. The second-order valence-electron chi connectivity index (χ2n) is 2.60. The highest BCUT2D eigenvalue weighted by Crippen LogP contribution is 1.78. The number of nitrogens with two attached hydrogens (primary N) is 2. The Balaban J connectivity index is -0.000000200. The standard InChI is InChI=1S/C4H10N2O2.C4H10N2O.ClH/c1-8-3-2-4(5)6-7;1-7-3-2-4(5)6;/h7H,2-3H2,1H3,(H2,5,6);2-3H2,1H3,(H3,5,6);1H. The number of hydrogen-bond donors (Lipinski definition) is 4. The van der Waals surface area contributed by atoms with Crippen LogP contribution in [0.15, 0.2) is 5.16 Å². The van der Waals surface area contributed by atoms with Crippen LogP contribution in [0.4, 0.5) is 0 Å². The van der Waals surface area contributed by atoms with E-state index in [0.29, 0.717) is 26.1 Å². The van der Waals surface area contributed by atoms with Crippen molar-refractivity contribution < 1.29 is 14.7 Å². The second kappa shape index (κ2) is 16.4. The van der Waals surface area contributed by atoms with Crippen LogP contribution < -0.4 is 11.5 Å². The molecule has 0 fully saturated rings. The third kappa shape index (κ3) is 23.1. The summed E-state index contributed by atoms with van der Waals surface area (Å²) in [5.41, 5.74) is 10.1. The normalized spacial score (nSPS) is 9.75. The Morgan fingerprint density at radius 3 is 1.88 bits per heavy atom. The van der Waals surface area contributed by atoms with Gasteiger partial charge in [-0.3, -0.25) is 5.41 Å². The maximum Gasteiger partial charge on any atom is 0.141 e. The number of amidine groups is 2. The van der Waals surface area contributed by atoms with E-state index in [9.17, 15) is 0 Å². The van der Waals surface area contributed by atoms with E-state index in [1.165, 1.54) is 0 Å². The number of halogens is 1. The zero-order chi connectivity index (χ0) is 12.1. The summed E-state index contributed by atoms with van der Waals surface area (Å²) in [5.74, 6) is 0.383. The van der Waals surface area contributed by atoms with E-state index in [-0.39, 0.29) is 24.1 Å². The minimum absolute atomic E-state index is 0. The zero-order valence-corrected chi connectivity index (χ0v) is 10.4. The van der Waals surface area contributed by atoms with Crippen LogP contribution in [0, 0.1) is 5.41 Å². The Morgan fingerprint density at radius 1 is 1.19 bits per heavy atom. The molecule has 0 aliphatic rings. The van der Waals surface area contributed by atoms with Crippen LogP contribution in [0.5, 0.6) is 0 Å². The van der Waals surface area contributed by atoms with Crippen LogP contribution in [0.3, 0.4) is 0 Å². The van der Waals surface area contributed by atoms with E-state index in [1.807, 2.05) is 0 Å². The summed E-state index contributed by atoms with van der Waals surface area (Å²) in [6.45, 7) is 1.05. The van der Waals surface area contributed by atoms with Gasteiger partial charge in [0.15, 0.2) is 0 Å². The summed E-state index contributed by atoms with van der Waals surface area (Å²) in [4.78, 5) is 0. The van der Waals surface area contributed by atoms with Gasteiger partial charge < -0.3 is 26.1 Å². The molecule has 0 amide bonds. The van der Waals surface area contributed by atoms with E-state index >= 15 is 0 Å². The van der Waals surface area contributed by atoms with Crippen molar-refractivity contribution in [3.8, 4) is 0 Å². The predicted molar refractivity (Wildman–Crippen MR) is 65.6 cm³/mol.